The average Bonchev–Trinajstić information content (AvgIpc) is 2.52. The maximum atomic E-state index is 12.6. The second-order valence-electron chi connectivity index (χ2n) is 5.50. The molecule has 2 aromatic rings. The van der Waals surface area contributed by atoms with E-state index in [-0.39, 0.29) is 12.4 Å². The van der Waals surface area contributed by atoms with Gasteiger partial charge in [-0.3, -0.25) is 4.79 Å². The van der Waals surface area contributed by atoms with Crippen LogP contribution in [0, 0.1) is 20.8 Å². The first kappa shape index (κ1) is 16.7. The summed E-state index contributed by atoms with van der Waals surface area (Å²) >= 11 is 0. The molecule has 2 aromatic carbocycles. The summed E-state index contributed by atoms with van der Waals surface area (Å²) in [5, 5.41) is 0. The molecule has 0 aliphatic carbocycles. The van der Waals surface area contributed by atoms with Crippen molar-refractivity contribution < 1.29 is 19.1 Å². The normalized spacial score (nSPS) is 10.3. The summed E-state index contributed by atoms with van der Waals surface area (Å²) in [7, 11) is 1.31. The van der Waals surface area contributed by atoms with Gasteiger partial charge in [-0.15, -0.1) is 0 Å². The summed E-state index contributed by atoms with van der Waals surface area (Å²) < 4.78 is 10.1. The molecular weight excluding hydrogens is 292 g/mol. The second-order valence-corrected chi connectivity index (χ2v) is 5.50. The summed E-state index contributed by atoms with van der Waals surface area (Å²) in [5.41, 5.74) is 3.93. The molecule has 0 heterocycles. The lowest BCUT2D eigenvalue weighted by Gasteiger charge is -2.13. The van der Waals surface area contributed by atoms with Crippen molar-refractivity contribution in [1.29, 1.82) is 0 Å². The van der Waals surface area contributed by atoms with E-state index < -0.39 is 5.97 Å². The van der Waals surface area contributed by atoms with Crippen molar-refractivity contribution in [3.05, 3.63) is 64.2 Å². The molecule has 0 aromatic heterocycles. The number of benzene rings is 2. The number of rotatable bonds is 5. The zero-order valence-electron chi connectivity index (χ0n) is 13.8. The van der Waals surface area contributed by atoms with Crippen molar-refractivity contribution in [2.45, 2.75) is 20.8 Å². The molecule has 4 nitrogen and oxygen atoms in total. The quantitative estimate of drug-likeness (QED) is 0.627. The van der Waals surface area contributed by atoms with E-state index in [1.54, 1.807) is 12.1 Å². The lowest BCUT2D eigenvalue weighted by molar-refractivity contribution is -0.142. The molecule has 0 bridgehead atoms. The number of esters is 1. The lowest BCUT2D eigenvalue weighted by atomic mass is 9.98. The zero-order chi connectivity index (χ0) is 17.0. The minimum atomic E-state index is -0.441. The highest BCUT2D eigenvalue weighted by atomic mass is 16.6. The molecule has 23 heavy (non-hydrogen) atoms. The monoisotopic (exact) mass is 312 g/mol. The van der Waals surface area contributed by atoms with Gasteiger partial charge < -0.3 is 9.47 Å². The van der Waals surface area contributed by atoms with Crippen LogP contribution in [-0.2, 0) is 9.53 Å². The number of carbonyl (C=O) groups is 2. The Morgan fingerprint density at radius 1 is 0.957 bits per heavy atom. The zero-order valence-corrected chi connectivity index (χ0v) is 13.8. The largest absolute Gasteiger partial charge is 0.481 e. The van der Waals surface area contributed by atoms with Crippen LogP contribution < -0.4 is 4.74 Å². The average molecular weight is 312 g/mol. The van der Waals surface area contributed by atoms with Crippen LogP contribution in [0.1, 0.15) is 32.6 Å². The van der Waals surface area contributed by atoms with Crippen molar-refractivity contribution in [1.82, 2.24) is 0 Å². The van der Waals surface area contributed by atoms with Crippen LogP contribution in [0.3, 0.4) is 0 Å². The van der Waals surface area contributed by atoms with Crippen LogP contribution >= 0.6 is 0 Å². The fourth-order valence-electron chi connectivity index (χ4n) is 2.45. The molecule has 0 atom stereocenters. The van der Waals surface area contributed by atoms with Gasteiger partial charge in [0.15, 0.2) is 12.4 Å². The standard InChI is InChI=1S/C19H20O4/c1-12-6-5-7-15(8-12)18(21)16-9-13(2)19(14(3)10-16)23-11-17(20)22-4/h5-10H,11H2,1-4H3. The first-order chi connectivity index (χ1) is 10.9. The van der Waals surface area contributed by atoms with Crippen LogP contribution in [0.5, 0.6) is 5.75 Å². The van der Waals surface area contributed by atoms with Gasteiger partial charge in [-0.05, 0) is 50.1 Å². The predicted molar refractivity (Wildman–Crippen MR) is 88.0 cm³/mol. The predicted octanol–water partition coefficient (Wildman–Crippen LogP) is 3.39. The van der Waals surface area contributed by atoms with Crippen molar-refractivity contribution in [3.8, 4) is 5.75 Å². The number of carbonyl (C=O) groups excluding carboxylic acids is 2. The van der Waals surface area contributed by atoms with Gasteiger partial charge in [-0.2, -0.15) is 0 Å². The highest BCUT2D eigenvalue weighted by Crippen LogP contribution is 2.26. The number of hydrogen-bond donors (Lipinski definition) is 0. The second kappa shape index (κ2) is 7.09. The molecule has 0 radical (unpaired) electrons. The maximum Gasteiger partial charge on any atom is 0.343 e. The van der Waals surface area contributed by atoms with Gasteiger partial charge in [0.25, 0.3) is 0 Å². The molecule has 0 fully saturated rings. The van der Waals surface area contributed by atoms with Gasteiger partial charge in [0.05, 0.1) is 7.11 Å². The molecule has 2 rings (SSSR count). The van der Waals surface area contributed by atoms with E-state index in [0.29, 0.717) is 16.9 Å². The van der Waals surface area contributed by atoms with Gasteiger partial charge in [-0.25, -0.2) is 4.79 Å². The van der Waals surface area contributed by atoms with E-state index in [9.17, 15) is 9.59 Å². The number of methoxy groups -OCH3 is 1. The first-order valence-corrected chi connectivity index (χ1v) is 7.34. The Labute approximate surface area is 136 Å². The summed E-state index contributed by atoms with van der Waals surface area (Å²) in [6.07, 6.45) is 0. The van der Waals surface area contributed by atoms with Crippen molar-refractivity contribution >= 4 is 11.8 Å². The highest BCUT2D eigenvalue weighted by molar-refractivity contribution is 6.09. The van der Waals surface area contributed by atoms with E-state index in [2.05, 4.69) is 4.74 Å². The van der Waals surface area contributed by atoms with Gasteiger partial charge >= 0.3 is 5.97 Å². The van der Waals surface area contributed by atoms with Gasteiger partial charge in [0, 0.05) is 11.1 Å². The molecular formula is C19H20O4. The van der Waals surface area contributed by atoms with Gasteiger partial charge in [0.2, 0.25) is 0 Å². The Balaban J connectivity index is 2.28. The van der Waals surface area contributed by atoms with Crippen LogP contribution in [0.4, 0.5) is 0 Å². The topological polar surface area (TPSA) is 52.6 Å². The third kappa shape index (κ3) is 3.97. The maximum absolute atomic E-state index is 12.6. The fourth-order valence-corrected chi connectivity index (χ4v) is 2.45. The molecule has 120 valence electrons. The SMILES string of the molecule is COC(=O)COc1c(C)cc(C(=O)c2cccc(C)c2)cc1C. The van der Waals surface area contributed by atoms with Crippen LogP contribution in [0.25, 0.3) is 0 Å². The molecule has 0 N–H and O–H groups in total. The van der Waals surface area contributed by atoms with E-state index >= 15 is 0 Å². The highest BCUT2D eigenvalue weighted by Gasteiger charge is 2.14. The molecule has 0 amide bonds. The molecule has 0 saturated carbocycles. The van der Waals surface area contributed by atoms with Crippen molar-refractivity contribution in [2.24, 2.45) is 0 Å². The van der Waals surface area contributed by atoms with E-state index in [0.717, 1.165) is 16.7 Å². The van der Waals surface area contributed by atoms with Gasteiger partial charge in [-0.1, -0.05) is 23.8 Å². The minimum Gasteiger partial charge on any atom is -0.481 e. The van der Waals surface area contributed by atoms with Gasteiger partial charge in [0.1, 0.15) is 5.75 Å². The third-order valence-corrected chi connectivity index (χ3v) is 3.56. The molecule has 0 saturated heterocycles. The Morgan fingerprint density at radius 3 is 2.17 bits per heavy atom. The molecule has 0 aliphatic rings. The third-order valence-electron chi connectivity index (χ3n) is 3.56. The summed E-state index contributed by atoms with van der Waals surface area (Å²) in [6.45, 7) is 5.51. The van der Waals surface area contributed by atoms with Crippen molar-refractivity contribution in [2.75, 3.05) is 13.7 Å². The van der Waals surface area contributed by atoms with Crippen LogP contribution in [0.2, 0.25) is 0 Å². The summed E-state index contributed by atoms with van der Waals surface area (Å²) in [4.78, 5) is 23.8. The minimum absolute atomic E-state index is 0.0283. The fraction of sp³-hybridized carbons (Fsp3) is 0.263. The first-order valence-electron chi connectivity index (χ1n) is 7.34. The number of hydrogen-bond acceptors (Lipinski definition) is 4. The van der Waals surface area contributed by atoms with Crippen LogP contribution in [-0.4, -0.2) is 25.5 Å². The number of ketones is 1. The Hall–Kier alpha value is -2.62. The molecule has 0 aliphatic heterocycles. The summed E-state index contributed by atoms with van der Waals surface area (Å²) in [5.74, 6) is 0.138. The van der Waals surface area contributed by atoms with E-state index in [1.165, 1.54) is 7.11 Å². The number of ether oxygens (including phenoxy) is 2. The number of aryl methyl sites for hydroxylation is 3. The molecule has 0 unspecified atom stereocenters. The Kier molecular flexibility index (Phi) is 5.16. The molecule has 4 heteroatoms. The lowest BCUT2D eigenvalue weighted by Crippen LogP contribution is -2.14. The Bertz CT molecular complexity index is 724. The summed E-state index contributed by atoms with van der Waals surface area (Å²) in [6, 6.07) is 11.1. The molecule has 0 spiro atoms. The van der Waals surface area contributed by atoms with E-state index in [1.807, 2.05) is 45.0 Å². The Morgan fingerprint density at radius 2 is 1.61 bits per heavy atom. The van der Waals surface area contributed by atoms with E-state index in [4.69, 9.17) is 4.74 Å². The smallest absolute Gasteiger partial charge is 0.343 e. The van der Waals surface area contributed by atoms with Crippen molar-refractivity contribution in [3.63, 3.8) is 0 Å². The van der Waals surface area contributed by atoms with Crippen LogP contribution in [0.15, 0.2) is 36.4 Å².